The van der Waals surface area contributed by atoms with Crippen LogP contribution in [-0.4, -0.2) is 18.4 Å². The van der Waals surface area contributed by atoms with Crippen molar-refractivity contribution >= 4 is 20.9 Å². The molecule has 25 heavy (non-hydrogen) atoms. The van der Waals surface area contributed by atoms with Crippen molar-refractivity contribution in [3.63, 3.8) is 0 Å². The van der Waals surface area contributed by atoms with Crippen LogP contribution in [0.25, 0.3) is 10.9 Å². The first-order valence-electron chi connectivity index (χ1n) is 8.02. The molecular weight excluding hydrogens is 338 g/mol. The maximum atomic E-state index is 12.4. The highest BCUT2D eigenvalue weighted by Crippen LogP contribution is 2.28. The standard InChI is InChI=1S/C18H19N3O3S/c1-2-6-14(12-7-5-8-13(11-12)25(19,23)24)17-20-16-10-4-3-9-15(16)18(22)21-17/h3-5,7-11,14H,2,6H2,1H3,(H2,19,23,24)(H,20,21,22). The Morgan fingerprint density at radius 1 is 1.16 bits per heavy atom. The molecule has 7 heteroatoms. The minimum atomic E-state index is -3.79. The van der Waals surface area contributed by atoms with Crippen LogP contribution in [0.15, 0.2) is 58.2 Å². The molecule has 0 spiro atoms. The molecule has 0 amide bonds. The molecule has 0 bridgehead atoms. The van der Waals surface area contributed by atoms with Crippen LogP contribution in [0.4, 0.5) is 0 Å². The highest BCUT2D eigenvalue weighted by Gasteiger charge is 2.19. The molecule has 1 aromatic heterocycles. The second-order valence-electron chi connectivity index (χ2n) is 5.93. The van der Waals surface area contributed by atoms with Crippen molar-refractivity contribution in [1.29, 1.82) is 0 Å². The minimum Gasteiger partial charge on any atom is -0.309 e. The summed E-state index contributed by atoms with van der Waals surface area (Å²) in [7, 11) is -3.79. The van der Waals surface area contributed by atoms with Gasteiger partial charge in [-0.05, 0) is 36.2 Å². The number of H-pyrrole nitrogens is 1. The maximum absolute atomic E-state index is 12.4. The number of benzene rings is 2. The number of primary sulfonamides is 1. The van der Waals surface area contributed by atoms with E-state index >= 15 is 0 Å². The second-order valence-corrected chi connectivity index (χ2v) is 7.49. The molecule has 0 aliphatic heterocycles. The lowest BCUT2D eigenvalue weighted by Gasteiger charge is -2.17. The summed E-state index contributed by atoms with van der Waals surface area (Å²) in [6.07, 6.45) is 1.57. The van der Waals surface area contributed by atoms with Gasteiger partial charge in [-0.1, -0.05) is 37.6 Å². The Bertz CT molecular complexity index is 1070. The molecule has 6 nitrogen and oxygen atoms in total. The van der Waals surface area contributed by atoms with E-state index in [4.69, 9.17) is 5.14 Å². The van der Waals surface area contributed by atoms with Gasteiger partial charge in [0, 0.05) is 5.92 Å². The van der Waals surface area contributed by atoms with E-state index in [1.54, 1.807) is 30.3 Å². The average Bonchev–Trinajstić information content (AvgIpc) is 2.59. The van der Waals surface area contributed by atoms with Crippen molar-refractivity contribution in [2.24, 2.45) is 5.14 Å². The van der Waals surface area contributed by atoms with Crippen molar-refractivity contribution in [3.05, 3.63) is 70.3 Å². The summed E-state index contributed by atoms with van der Waals surface area (Å²) in [6, 6.07) is 13.6. The molecule has 1 unspecified atom stereocenters. The van der Waals surface area contributed by atoms with E-state index in [0.29, 0.717) is 16.7 Å². The van der Waals surface area contributed by atoms with Gasteiger partial charge in [-0.2, -0.15) is 0 Å². The van der Waals surface area contributed by atoms with Crippen molar-refractivity contribution < 1.29 is 8.42 Å². The highest BCUT2D eigenvalue weighted by atomic mass is 32.2. The predicted octanol–water partition coefficient (Wildman–Crippen LogP) is 2.50. The first kappa shape index (κ1) is 17.3. The third kappa shape index (κ3) is 3.62. The minimum absolute atomic E-state index is 0.0502. The largest absolute Gasteiger partial charge is 0.309 e. The van der Waals surface area contributed by atoms with Gasteiger partial charge in [0.2, 0.25) is 10.0 Å². The number of aromatic amines is 1. The van der Waals surface area contributed by atoms with Gasteiger partial charge in [-0.25, -0.2) is 18.5 Å². The Balaban J connectivity index is 2.16. The third-order valence-electron chi connectivity index (χ3n) is 4.13. The zero-order valence-electron chi connectivity index (χ0n) is 13.8. The molecular formula is C18H19N3O3S. The number of aromatic nitrogens is 2. The Labute approximate surface area is 145 Å². The van der Waals surface area contributed by atoms with E-state index in [1.807, 2.05) is 19.1 Å². The van der Waals surface area contributed by atoms with Gasteiger partial charge in [0.1, 0.15) is 5.82 Å². The fourth-order valence-electron chi connectivity index (χ4n) is 2.93. The van der Waals surface area contributed by atoms with Gasteiger partial charge in [0.25, 0.3) is 5.56 Å². The number of nitrogens with zero attached hydrogens (tertiary/aromatic N) is 1. The van der Waals surface area contributed by atoms with Crippen LogP contribution >= 0.6 is 0 Å². The fourth-order valence-corrected chi connectivity index (χ4v) is 3.50. The molecule has 1 heterocycles. The molecule has 3 N–H and O–H groups in total. The number of sulfonamides is 1. The van der Waals surface area contributed by atoms with E-state index in [9.17, 15) is 13.2 Å². The van der Waals surface area contributed by atoms with E-state index in [0.717, 1.165) is 18.4 Å². The molecule has 0 aliphatic rings. The Morgan fingerprint density at radius 2 is 1.92 bits per heavy atom. The third-order valence-corrected chi connectivity index (χ3v) is 5.04. The Hall–Kier alpha value is -2.51. The summed E-state index contributed by atoms with van der Waals surface area (Å²) < 4.78 is 23.3. The number of fused-ring (bicyclic) bond motifs is 1. The zero-order valence-corrected chi connectivity index (χ0v) is 14.6. The summed E-state index contributed by atoms with van der Waals surface area (Å²) in [5.41, 5.74) is 1.17. The molecule has 130 valence electrons. The van der Waals surface area contributed by atoms with Crippen LogP contribution in [0, 0.1) is 0 Å². The number of nitrogens with two attached hydrogens (primary N) is 1. The second kappa shape index (κ2) is 6.78. The monoisotopic (exact) mass is 357 g/mol. The summed E-state index contributed by atoms with van der Waals surface area (Å²) >= 11 is 0. The smallest absolute Gasteiger partial charge is 0.258 e. The summed E-state index contributed by atoms with van der Waals surface area (Å²) in [4.78, 5) is 19.8. The van der Waals surface area contributed by atoms with Crippen LogP contribution in [0.1, 0.15) is 37.1 Å². The van der Waals surface area contributed by atoms with Crippen LogP contribution in [0.3, 0.4) is 0 Å². The van der Waals surface area contributed by atoms with Crippen molar-refractivity contribution in [2.45, 2.75) is 30.6 Å². The van der Waals surface area contributed by atoms with Gasteiger partial charge in [0.05, 0.1) is 15.8 Å². The Kier molecular flexibility index (Phi) is 4.69. The van der Waals surface area contributed by atoms with Crippen LogP contribution in [0.2, 0.25) is 0 Å². The fraction of sp³-hybridized carbons (Fsp3) is 0.222. The topological polar surface area (TPSA) is 106 Å². The summed E-state index contributed by atoms with van der Waals surface area (Å²) in [5.74, 6) is 0.307. The first-order chi connectivity index (χ1) is 11.9. The first-order valence-corrected chi connectivity index (χ1v) is 9.56. The molecule has 0 aliphatic carbocycles. The number of hydrogen-bond donors (Lipinski definition) is 2. The average molecular weight is 357 g/mol. The SMILES string of the molecule is CCCC(c1cccc(S(N)(=O)=O)c1)c1nc2ccccc2c(=O)[nH]1. The van der Waals surface area contributed by atoms with Crippen molar-refractivity contribution in [3.8, 4) is 0 Å². The molecule has 0 radical (unpaired) electrons. The number of para-hydroxylation sites is 1. The molecule has 0 saturated heterocycles. The van der Waals surface area contributed by atoms with Gasteiger partial charge in [0.15, 0.2) is 0 Å². The number of rotatable bonds is 5. The van der Waals surface area contributed by atoms with Crippen LogP contribution in [-0.2, 0) is 10.0 Å². The maximum Gasteiger partial charge on any atom is 0.258 e. The molecule has 0 saturated carbocycles. The molecule has 2 aromatic carbocycles. The van der Waals surface area contributed by atoms with E-state index < -0.39 is 10.0 Å². The molecule has 1 atom stereocenters. The summed E-state index contributed by atoms with van der Waals surface area (Å²) in [6.45, 7) is 2.02. The van der Waals surface area contributed by atoms with Crippen LogP contribution < -0.4 is 10.7 Å². The van der Waals surface area contributed by atoms with E-state index in [2.05, 4.69) is 9.97 Å². The highest BCUT2D eigenvalue weighted by molar-refractivity contribution is 7.89. The lowest BCUT2D eigenvalue weighted by atomic mass is 9.93. The molecule has 0 fully saturated rings. The summed E-state index contributed by atoms with van der Waals surface area (Å²) in [5, 5.41) is 5.76. The van der Waals surface area contributed by atoms with Crippen molar-refractivity contribution in [2.75, 3.05) is 0 Å². The lowest BCUT2D eigenvalue weighted by molar-refractivity contribution is 0.597. The predicted molar refractivity (Wildman–Crippen MR) is 96.9 cm³/mol. The normalized spacial score (nSPS) is 13.0. The number of nitrogens with one attached hydrogen (secondary N) is 1. The van der Waals surface area contributed by atoms with Gasteiger partial charge in [-0.15, -0.1) is 0 Å². The lowest BCUT2D eigenvalue weighted by Crippen LogP contribution is -2.17. The number of hydrogen-bond acceptors (Lipinski definition) is 4. The van der Waals surface area contributed by atoms with Gasteiger partial charge in [-0.3, -0.25) is 4.79 Å². The zero-order chi connectivity index (χ0) is 18.0. The van der Waals surface area contributed by atoms with Crippen molar-refractivity contribution in [1.82, 2.24) is 9.97 Å². The molecule has 3 rings (SSSR count). The van der Waals surface area contributed by atoms with Gasteiger partial charge >= 0.3 is 0 Å². The van der Waals surface area contributed by atoms with Crippen LogP contribution in [0.5, 0.6) is 0 Å². The van der Waals surface area contributed by atoms with E-state index in [-0.39, 0.29) is 16.4 Å². The molecule has 3 aromatic rings. The van der Waals surface area contributed by atoms with Gasteiger partial charge < -0.3 is 4.98 Å². The van der Waals surface area contributed by atoms with E-state index in [1.165, 1.54) is 6.07 Å². The Morgan fingerprint density at radius 3 is 2.64 bits per heavy atom. The quantitative estimate of drug-likeness (QED) is 0.731.